The Morgan fingerprint density at radius 3 is 2.36 bits per heavy atom. The molecule has 7 heteroatoms. The summed E-state index contributed by atoms with van der Waals surface area (Å²) in [6.45, 7) is 6.95. The number of carbonyl (C=O) groups excluding carboxylic acids is 1. The van der Waals surface area contributed by atoms with Crippen molar-refractivity contribution in [2.75, 3.05) is 31.1 Å². The summed E-state index contributed by atoms with van der Waals surface area (Å²) in [5.74, 6) is 1.73. The van der Waals surface area contributed by atoms with Crippen molar-refractivity contribution in [3.63, 3.8) is 0 Å². The maximum Gasteiger partial charge on any atom is 0.254 e. The molecule has 5 rings (SSSR count). The first-order valence-corrected chi connectivity index (χ1v) is 11.5. The SMILES string of the molecule is CCc1ccc(C(=O)N2CCN(c3c(Cc4ccccc4)c(C)nc4ncnn34)CC2)cc1. The highest BCUT2D eigenvalue weighted by molar-refractivity contribution is 5.94. The molecular weight excluding hydrogens is 412 g/mol. The number of rotatable bonds is 5. The third kappa shape index (κ3) is 4.18. The fourth-order valence-electron chi connectivity index (χ4n) is 4.49. The number of nitrogens with zero attached hydrogens (tertiary/aromatic N) is 6. The quantitative estimate of drug-likeness (QED) is 0.475. The van der Waals surface area contributed by atoms with Crippen molar-refractivity contribution in [3.8, 4) is 0 Å². The van der Waals surface area contributed by atoms with Crippen LogP contribution in [-0.2, 0) is 12.8 Å². The van der Waals surface area contributed by atoms with Crippen molar-refractivity contribution < 1.29 is 4.79 Å². The lowest BCUT2D eigenvalue weighted by molar-refractivity contribution is 0.0746. The molecule has 3 heterocycles. The molecule has 0 bridgehead atoms. The first-order chi connectivity index (χ1) is 16.1. The molecule has 0 unspecified atom stereocenters. The molecule has 0 aliphatic carbocycles. The molecule has 1 fully saturated rings. The Bertz CT molecular complexity index is 1260. The Morgan fingerprint density at radius 1 is 0.939 bits per heavy atom. The fourth-order valence-corrected chi connectivity index (χ4v) is 4.49. The largest absolute Gasteiger partial charge is 0.353 e. The zero-order valence-electron chi connectivity index (χ0n) is 19.1. The van der Waals surface area contributed by atoms with Crippen LogP contribution in [0.2, 0.25) is 0 Å². The zero-order valence-corrected chi connectivity index (χ0v) is 19.1. The van der Waals surface area contributed by atoms with Crippen LogP contribution in [0.15, 0.2) is 60.9 Å². The Labute approximate surface area is 193 Å². The molecule has 1 saturated heterocycles. The highest BCUT2D eigenvalue weighted by Crippen LogP contribution is 2.27. The first kappa shape index (κ1) is 21.1. The maximum absolute atomic E-state index is 13.0. The number of benzene rings is 2. The van der Waals surface area contributed by atoms with Crippen molar-refractivity contribution in [2.24, 2.45) is 0 Å². The maximum atomic E-state index is 13.0. The van der Waals surface area contributed by atoms with E-state index in [0.29, 0.717) is 18.9 Å². The van der Waals surface area contributed by atoms with E-state index in [1.165, 1.54) is 11.1 Å². The number of hydrogen-bond donors (Lipinski definition) is 0. The minimum atomic E-state index is 0.0959. The normalized spacial score (nSPS) is 14.1. The molecule has 0 atom stereocenters. The van der Waals surface area contributed by atoms with E-state index in [9.17, 15) is 4.79 Å². The van der Waals surface area contributed by atoms with Gasteiger partial charge in [0.2, 0.25) is 0 Å². The van der Waals surface area contributed by atoms with Crippen LogP contribution < -0.4 is 4.90 Å². The van der Waals surface area contributed by atoms with E-state index in [-0.39, 0.29) is 5.91 Å². The second-order valence-corrected chi connectivity index (χ2v) is 8.46. The number of hydrogen-bond acceptors (Lipinski definition) is 5. The van der Waals surface area contributed by atoms with Gasteiger partial charge in [0.1, 0.15) is 12.1 Å². The van der Waals surface area contributed by atoms with Crippen LogP contribution in [-0.4, -0.2) is 56.6 Å². The van der Waals surface area contributed by atoms with Crippen molar-refractivity contribution in [2.45, 2.75) is 26.7 Å². The molecule has 168 valence electrons. The third-order valence-corrected chi connectivity index (χ3v) is 6.40. The number of fused-ring (bicyclic) bond motifs is 1. The van der Waals surface area contributed by atoms with Gasteiger partial charge in [0.15, 0.2) is 0 Å². The molecule has 0 spiro atoms. The molecule has 33 heavy (non-hydrogen) atoms. The summed E-state index contributed by atoms with van der Waals surface area (Å²) in [7, 11) is 0. The van der Waals surface area contributed by atoms with Crippen molar-refractivity contribution in [1.82, 2.24) is 24.5 Å². The van der Waals surface area contributed by atoms with E-state index < -0.39 is 0 Å². The van der Waals surface area contributed by atoms with Crippen LogP contribution in [0.5, 0.6) is 0 Å². The zero-order chi connectivity index (χ0) is 22.8. The van der Waals surface area contributed by atoms with Crippen LogP contribution >= 0.6 is 0 Å². The topological polar surface area (TPSA) is 66.6 Å². The summed E-state index contributed by atoms with van der Waals surface area (Å²) in [4.78, 5) is 26.3. The van der Waals surface area contributed by atoms with Gasteiger partial charge in [-0.05, 0) is 36.6 Å². The fraction of sp³-hybridized carbons (Fsp3) is 0.308. The summed E-state index contributed by atoms with van der Waals surface area (Å²) in [6.07, 6.45) is 3.30. The highest BCUT2D eigenvalue weighted by Gasteiger charge is 2.26. The van der Waals surface area contributed by atoms with Gasteiger partial charge in [0.25, 0.3) is 11.7 Å². The van der Waals surface area contributed by atoms with Crippen molar-refractivity contribution in [1.29, 1.82) is 0 Å². The molecule has 0 N–H and O–H groups in total. The number of anilines is 1. The molecule has 0 saturated carbocycles. The number of amides is 1. The summed E-state index contributed by atoms with van der Waals surface area (Å²) in [5, 5.41) is 4.48. The third-order valence-electron chi connectivity index (χ3n) is 6.40. The lowest BCUT2D eigenvalue weighted by atomic mass is 10.0. The molecule has 1 aliphatic heterocycles. The molecule has 4 aromatic rings. The van der Waals surface area contributed by atoms with Gasteiger partial charge in [-0.25, -0.2) is 4.98 Å². The number of piperazine rings is 1. The van der Waals surface area contributed by atoms with Gasteiger partial charge < -0.3 is 9.80 Å². The standard InChI is InChI=1S/C26H28N6O/c1-3-20-9-11-22(12-10-20)25(33)31-15-13-30(14-16-31)24-23(17-21-7-5-4-6-8-21)19(2)29-26-27-18-28-32(24)26/h4-12,18H,3,13-17H2,1-2H3. The minimum Gasteiger partial charge on any atom is -0.353 e. The van der Waals surface area contributed by atoms with Crippen LogP contribution in [0.25, 0.3) is 5.78 Å². The second kappa shape index (κ2) is 9.02. The van der Waals surface area contributed by atoms with Crippen molar-refractivity contribution in [3.05, 3.63) is 88.9 Å². The second-order valence-electron chi connectivity index (χ2n) is 8.46. The molecule has 1 amide bonds. The van der Waals surface area contributed by atoms with E-state index in [4.69, 9.17) is 0 Å². The van der Waals surface area contributed by atoms with Crippen LogP contribution in [0.1, 0.15) is 39.7 Å². The van der Waals surface area contributed by atoms with Gasteiger partial charge in [-0.1, -0.05) is 49.4 Å². The Kier molecular flexibility index (Phi) is 5.77. The van der Waals surface area contributed by atoms with Gasteiger partial charge in [0.05, 0.1) is 0 Å². The lowest BCUT2D eigenvalue weighted by Gasteiger charge is -2.37. The van der Waals surface area contributed by atoms with Crippen LogP contribution in [0.4, 0.5) is 5.82 Å². The Hall–Kier alpha value is -3.74. The average molecular weight is 441 g/mol. The number of aryl methyl sites for hydroxylation is 2. The van der Waals surface area contributed by atoms with E-state index in [2.05, 4.69) is 51.2 Å². The Balaban J connectivity index is 1.40. The molecular formula is C26H28N6O. The van der Waals surface area contributed by atoms with Gasteiger partial charge in [0, 0.05) is 49.4 Å². The molecule has 0 radical (unpaired) electrons. The smallest absolute Gasteiger partial charge is 0.254 e. The van der Waals surface area contributed by atoms with Crippen LogP contribution in [0.3, 0.4) is 0 Å². The molecule has 1 aliphatic rings. The molecule has 7 nitrogen and oxygen atoms in total. The average Bonchev–Trinajstić information content (AvgIpc) is 3.33. The summed E-state index contributed by atoms with van der Waals surface area (Å²) < 4.78 is 1.84. The summed E-state index contributed by atoms with van der Waals surface area (Å²) >= 11 is 0. The van der Waals surface area contributed by atoms with Gasteiger partial charge >= 0.3 is 0 Å². The number of carbonyl (C=O) groups is 1. The predicted octanol–water partition coefficient (Wildman–Crippen LogP) is 3.55. The van der Waals surface area contributed by atoms with Gasteiger partial charge in [-0.2, -0.15) is 14.6 Å². The van der Waals surface area contributed by atoms with Gasteiger partial charge in [-0.3, -0.25) is 4.79 Å². The highest BCUT2D eigenvalue weighted by atomic mass is 16.2. The predicted molar refractivity (Wildman–Crippen MR) is 129 cm³/mol. The summed E-state index contributed by atoms with van der Waals surface area (Å²) in [6, 6.07) is 18.4. The van der Waals surface area contributed by atoms with E-state index in [0.717, 1.165) is 48.6 Å². The van der Waals surface area contributed by atoms with Crippen LogP contribution in [0, 0.1) is 6.92 Å². The number of aromatic nitrogens is 4. The van der Waals surface area contributed by atoms with E-state index >= 15 is 0 Å². The Morgan fingerprint density at radius 2 is 1.67 bits per heavy atom. The lowest BCUT2D eigenvalue weighted by Crippen LogP contribution is -2.49. The van der Waals surface area contributed by atoms with E-state index in [1.54, 1.807) is 6.33 Å². The minimum absolute atomic E-state index is 0.0959. The molecule has 2 aromatic carbocycles. The molecule has 2 aromatic heterocycles. The van der Waals surface area contributed by atoms with E-state index in [1.807, 2.05) is 46.7 Å². The van der Waals surface area contributed by atoms with Crippen molar-refractivity contribution >= 4 is 17.5 Å². The monoisotopic (exact) mass is 440 g/mol. The van der Waals surface area contributed by atoms with Gasteiger partial charge in [-0.15, -0.1) is 0 Å². The summed E-state index contributed by atoms with van der Waals surface area (Å²) in [5.41, 5.74) is 5.33. The first-order valence-electron chi connectivity index (χ1n) is 11.5.